The zero-order chi connectivity index (χ0) is 22.9. The molecule has 0 spiro atoms. The van der Waals surface area contributed by atoms with E-state index in [2.05, 4.69) is 44.0 Å². The van der Waals surface area contributed by atoms with Gasteiger partial charge in [-0.15, -0.1) is 11.3 Å². The van der Waals surface area contributed by atoms with Gasteiger partial charge in [-0.1, -0.05) is 18.9 Å². The molecule has 0 bridgehead atoms. The van der Waals surface area contributed by atoms with Crippen molar-refractivity contribution in [1.29, 1.82) is 0 Å². The third-order valence-electron chi connectivity index (χ3n) is 6.70. The lowest BCUT2D eigenvalue weighted by atomic mass is 9.96. The summed E-state index contributed by atoms with van der Waals surface area (Å²) >= 11 is 1.73. The lowest BCUT2D eigenvalue weighted by Crippen LogP contribution is -2.43. The lowest BCUT2D eigenvalue weighted by molar-refractivity contribution is -0.126. The number of likely N-dealkylation sites (tertiary alicyclic amines) is 1. The predicted octanol–water partition coefficient (Wildman–Crippen LogP) is 4.14. The SMILES string of the molecule is O=C(CN1CCC(C(=O)NCCc2cccs2)CC1)Nc1ccc(N2CCCCCC2)cc1. The third kappa shape index (κ3) is 7.30. The summed E-state index contributed by atoms with van der Waals surface area (Å²) in [6.45, 7) is 4.87. The average Bonchev–Trinajstić information content (AvgIpc) is 3.20. The average molecular weight is 469 g/mol. The Labute approximate surface area is 201 Å². The molecule has 3 heterocycles. The fraction of sp³-hybridized carbons (Fsp3) is 0.538. The standard InChI is InChI=1S/C26H36N4O2S/c31-25(28-22-7-9-23(10-8-22)30-15-3-1-2-4-16-30)20-29-17-12-21(13-18-29)26(32)27-14-11-24-6-5-19-33-24/h5-10,19,21H,1-4,11-18,20H2,(H,27,32)(H,28,31). The van der Waals surface area contributed by atoms with Crippen molar-refractivity contribution in [2.45, 2.75) is 44.9 Å². The Morgan fingerprint density at radius 2 is 1.67 bits per heavy atom. The van der Waals surface area contributed by atoms with Crippen LogP contribution >= 0.6 is 11.3 Å². The Morgan fingerprint density at radius 1 is 0.939 bits per heavy atom. The van der Waals surface area contributed by atoms with E-state index in [1.807, 2.05) is 18.2 Å². The van der Waals surface area contributed by atoms with E-state index in [0.717, 1.165) is 51.1 Å². The maximum atomic E-state index is 12.5. The Hall–Kier alpha value is -2.38. The number of piperidine rings is 1. The van der Waals surface area contributed by atoms with Gasteiger partial charge in [0.25, 0.3) is 0 Å². The highest BCUT2D eigenvalue weighted by molar-refractivity contribution is 7.09. The first-order valence-corrected chi connectivity index (χ1v) is 13.2. The molecule has 2 saturated heterocycles. The maximum Gasteiger partial charge on any atom is 0.238 e. The number of benzene rings is 1. The van der Waals surface area contributed by atoms with E-state index in [-0.39, 0.29) is 17.7 Å². The monoisotopic (exact) mass is 468 g/mol. The summed E-state index contributed by atoms with van der Waals surface area (Å²) < 4.78 is 0. The Bertz CT molecular complexity index is 868. The van der Waals surface area contributed by atoms with Gasteiger partial charge in [-0.3, -0.25) is 14.5 Å². The van der Waals surface area contributed by atoms with Crippen molar-refractivity contribution in [3.8, 4) is 0 Å². The van der Waals surface area contributed by atoms with Gasteiger partial charge in [0.2, 0.25) is 11.8 Å². The van der Waals surface area contributed by atoms with Crippen molar-refractivity contribution < 1.29 is 9.59 Å². The molecule has 178 valence electrons. The highest BCUT2D eigenvalue weighted by atomic mass is 32.1. The Balaban J connectivity index is 1.15. The summed E-state index contributed by atoms with van der Waals surface area (Å²) in [4.78, 5) is 30.9. The van der Waals surface area contributed by atoms with Gasteiger partial charge in [-0.05, 0) is 80.9 Å². The van der Waals surface area contributed by atoms with E-state index in [1.165, 1.54) is 36.2 Å². The van der Waals surface area contributed by atoms with Crippen molar-refractivity contribution >= 4 is 34.5 Å². The van der Waals surface area contributed by atoms with Gasteiger partial charge in [0.05, 0.1) is 6.54 Å². The number of nitrogens with one attached hydrogen (secondary N) is 2. The molecular formula is C26H36N4O2S. The first-order valence-electron chi connectivity index (χ1n) is 12.3. The molecule has 2 aliphatic rings. The van der Waals surface area contributed by atoms with Crippen LogP contribution in [0.1, 0.15) is 43.4 Å². The molecule has 1 aromatic carbocycles. The topological polar surface area (TPSA) is 64.7 Å². The van der Waals surface area contributed by atoms with Crippen LogP contribution < -0.4 is 15.5 Å². The van der Waals surface area contributed by atoms with Crippen LogP contribution in [0, 0.1) is 5.92 Å². The summed E-state index contributed by atoms with van der Waals surface area (Å²) in [5.74, 6) is 0.218. The maximum absolute atomic E-state index is 12.5. The van der Waals surface area contributed by atoms with Crippen molar-refractivity contribution in [2.75, 3.05) is 49.5 Å². The van der Waals surface area contributed by atoms with Crippen LogP contribution in [-0.2, 0) is 16.0 Å². The van der Waals surface area contributed by atoms with Gasteiger partial charge in [0.15, 0.2) is 0 Å². The van der Waals surface area contributed by atoms with Gasteiger partial charge < -0.3 is 15.5 Å². The molecule has 4 rings (SSSR count). The molecule has 33 heavy (non-hydrogen) atoms. The van der Waals surface area contributed by atoms with Crippen molar-refractivity contribution in [3.05, 3.63) is 46.7 Å². The van der Waals surface area contributed by atoms with Crippen molar-refractivity contribution in [3.63, 3.8) is 0 Å². The van der Waals surface area contributed by atoms with Gasteiger partial charge in [-0.25, -0.2) is 0 Å². The summed E-state index contributed by atoms with van der Waals surface area (Å²) in [5.41, 5.74) is 2.09. The summed E-state index contributed by atoms with van der Waals surface area (Å²) in [6, 6.07) is 12.4. The molecule has 0 aliphatic carbocycles. The van der Waals surface area contributed by atoms with Crippen LogP contribution in [0.4, 0.5) is 11.4 Å². The van der Waals surface area contributed by atoms with Gasteiger partial charge >= 0.3 is 0 Å². The van der Waals surface area contributed by atoms with Crippen LogP contribution in [0.3, 0.4) is 0 Å². The molecular weight excluding hydrogens is 432 g/mol. The number of thiophene rings is 1. The molecule has 0 unspecified atom stereocenters. The van der Waals surface area contributed by atoms with Gasteiger partial charge in [0, 0.05) is 41.8 Å². The number of anilines is 2. The van der Waals surface area contributed by atoms with Crippen molar-refractivity contribution in [1.82, 2.24) is 10.2 Å². The van der Waals surface area contributed by atoms with Crippen LogP contribution in [0.15, 0.2) is 41.8 Å². The number of amides is 2. The molecule has 0 atom stereocenters. The highest BCUT2D eigenvalue weighted by Crippen LogP contribution is 2.22. The fourth-order valence-corrected chi connectivity index (χ4v) is 5.46. The van der Waals surface area contributed by atoms with Gasteiger partial charge in [-0.2, -0.15) is 0 Å². The van der Waals surface area contributed by atoms with E-state index in [0.29, 0.717) is 13.1 Å². The minimum absolute atomic E-state index is 0.0105. The first-order chi connectivity index (χ1) is 16.2. The largest absolute Gasteiger partial charge is 0.372 e. The molecule has 1 aromatic heterocycles. The predicted molar refractivity (Wildman–Crippen MR) is 136 cm³/mol. The summed E-state index contributed by atoms with van der Waals surface area (Å²) in [5, 5.41) is 8.17. The second kappa shape index (κ2) is 12.2. The quantitative estimate of drug-likeness (QED) is 0.611. The molecule has 2 amide bonds. The van der Waals surface area contributed by atoms with Crippen LogP contribution in [-0.4, -0.2) is 56.0 Å². The van der Waals surface area contributed by atoms with E-state index < -0.39 is 0 Å². The second-order valence-electron chi connectivity index (χ2n) is 9.17. The lowest BCUT2D eigenvalue weighted by Gasteiger charge is -2.30. The summed E-state index contributed by atoms with van der Waals surface area (Å²) in [6.07, 6.45) is 7.66. The summed E-state index contributed by atoms with van der Waals surface area (Å²) in [7, 11) is 0. The van der Waals surface area contributed by atoms with Crippen LogP contribution in [0.2, 0.25) is 0 Å². The first kappa shape index (κ1) is 23.8. The van der Waals surface area contributed by atoms with E-state index in [4.69, 9.17) is 0 Å². The number of carbonyl (C=O) groups excluding carboxylic acids is 2. The molecule has 2 aromatic rings. The number of hydrogen-bond acceptors (Lipinski definition) is 5. The Morgan fingerprint density at radius 3 is 2.33 bits per heavy atom. The van der Waals surface area contributed by atoms with Gasteiger partial charge in [0.1, 0.15) is 0 Å². The normalized spacial score (nSPS) is 18.0. The van der Waals surface area contributed by atoms with Crippen LogP contribution in [0.25, 0.3) is 0 Å². The van der Waals surface area contributed by atoms with E-state index >= 15 is 0 Å². The molecule has 0 radical (unpaired) electrons. The third-order valence-corrected chi connectivity index (χ3v) is 7.63. The molecule has 2 N–H and O–H groups in total. The molecule has 2 aliphatic heterocycles. The van der Waals surface area contributed by atoms with Crippen molar-refractivity contribution in [2.24, 2.45) is 5.92 Å². The zero-order valence-corrected chi connectivity index (χ0v) is 20.2. The van der Waals surface area contributed by atoms with Crippen LogP contribution in [0.5, 0.6) is 0 Å². The fourth-order valence-electron chi connectivity index (χ4n) is 4.75. The minimum Gasteiger partial charge on any atom is -0.372 e. The van der Waals surface area contributed by atoms with E-state index in [9.17, 15) is 9.59 Å². The molecule has 7 heteroatoms. The number of carbonyl (C=O) groups is 2. The Kier molecular flexibility index (Phi) is 8.78. The number of nitrogens with zero attached hydrogens (tertiary/aromatic N) is 2. The minimum atomic E-state index is 0.0105. The number of hydrogen-bond donors (Lipinski definition) is 2. The molecule has 0 saturated carbocycles. The zero-order valence-electron chi connectivity index (χ0n) is 19.4. The second-order valence-corrected chi connectivity index (χ2v) is 10.2. The smallest absolute Gasteiger partial charge is 0.238 e. The molecule has 6 nitrogen and oxygen atoms in total. The molecule has 2 fully saturated rings. The number of rotatable bonds is 8. The highest BCUT2D eigenvalue weighted by Gasteiger charge is 2.25. The van der Waals surface area contributed by atoms with E-state index in [1.54, 1.807) is 11.3 Å².